The molecular weight excluding hydrogens is 244 g/mol. The fraction of sp³-hybridized carbons (Fsp3) is 0.333. The highest BCUT2D eigenvalue weighted by atomic mass is 15.2. The van der Waals surface area contributed by atoms with E-state index in [1.165, 1.54) is 17.5 Å². The van der Waals surface area contributed by atoms with Gasteiger partial charge in [-0.05, 0) is 36.2 Å². The SMILES string of the molecule is C[C@]1(c2ccc(N)cc2)CCN(Cc2ccccc2)C1. The Morgan fingerprint density at radius 1 is 1.05 bits per heavy atom. The first-order valence-corrected chi connectivity index (χ1v) is 7.28. The lowest BCUT2D eigenvalue weighted by molar-refractivity contribution is 0.309. The maximum Gasteiger partial charge on any atom is 0.0314 e. The number of nitrogens with two attached hydrogens (primary N) is 1. The topological polar surface area (TPSA) is 29.3 Å². The third kappa shape index (κ3) is 2.70. The van der Waals surface area contributed by atoms with Crippen LogP contribution in [0.1, 0.15) is 24.5 Å². The van der Waals surface area contributed by atoms with Gasteiger partial charge in [-0.25, -0.2) is 0 Å². The number of rotatable bonds is 3. The van der Waals surface area contributed by atoms with Gasteiger partial charge in [0, 0.05) is 24.2 Å². The Morgan fingerprint density at radius 3 is 2.45 bits per heavy atom. The smallest absolute Gasteiger partial charge is 0.0314 e. The van der Waals surface area contributed by atoms with E-state index < -0.39 is 0 Å². The molecule has 0 amide bonds. The number of benzene rings is 2. The summed E-state index contributed by atoms with van der Waals surface area (Å²) in [4.78, 5) is 2.55. The first kappa shape index (κ1) is 13.2. The lowest BCUT2D eigenvalue weighted by Crippen LogP contribution is -2.28. The third-order valence-corrected chi connectivity index (χ3v) is 4.41. The monoisotopic (exact) mass is 266 g/mol. The van der Waals surface area contributed by atoms with Crippen LogP contribution in [0.2, 0.25) is 0 Å². The molecule has 0 unspecified atom stereocenters. The molecule has 2 nitrogen and oxygen atoms in total. The van der Waals surface area contributed by atoms with Crippen molar-refractivity contribution in [2.75, 3.05) is 18.8 Å². The first-order chi connectivity index (χ1) is 9.66. The average molecular weight is 266 g/mol. The van der Waals surface area contributed by atoms with Crippen molar-refractivity contribution in [1.82, 2.24) is 4.90 Å². The molecule has 1 atom stereocenters. The second-order valence-corrected chi connectivity index (χ2v) is 6.13. The summed E-state index contributed by atoms with van der Waals surface area (Å²) in [7, 11) is 0. The predicted octanol–water partition coefficient (Wildman–Crippen LogP) is 3.43. The summed E-state index contributed by atoms with van der Waals surface area (Å²) in [5.74, 6) is 0. The second kappa shape index (κ2) is 5.29. The number of likely N-dealkylation sites (tertiary alicyclic amines) is 1. The normalized spacial score (nSPS) is 23.1. The number of nitrogens with zero attached hydrogens (tertiary/aromatic N) is 1. The molecule has 2 heteroatoms. The first-order valence-electron chi connectivity index (χ1n) is 7.28. The van der Waals surface area contributed by atoms with Gasteiger partial charge in [-0.3, -0.25) is 4.90 Å². The second-order valence-electron chi connectivity index (χ2n) is 6.13. The Kier molecular flexibility index (Phi) is 3.49. The molecule has 1 saturated heterocycles. The van der Waals surface area contributed by atoms with Crippen molar-refractivity contribution >= 4 is 5.69 Å². The molecule has 1 aliphatic heterocycles. The van der Waals surface area contributed by atoms with E-state index in [-0.39, 0.29) is 5.41 Å². The zero-order valence-corrected chi connectivity index (χ0v) is 12.0. The zero-order valence-electron chi connectivity index (χ0n) is 12.0. The van der Waals surface area contributed by atoms with E-state index in [1.54, 1.807) is 0 Å². The Balaban J connectivity index is 1.71. The van der Waals surface area contributed by atoms with E-state index in [1.807, 2.05) is 12.1 Å². The summed E-state index contributed by atoms with van der Waals surface area (Å²) in [6, 6.07) is 19.1. The lowest BCUT2D eigenvalue weighted by Gasteiger charge is -2.25. The summed E-state index contributed by atoms with van der Waals surface area (Å²) < 4.78 is 0. The molecule has 0 spiro atoms. The fourth-order valence-corrected chi connectivity index (χ4v) is 3.15. The molecular formula is C18H22N2. The van der Waals surface area contributed by atoms with Gasteiger partial charge in [0.05, 0.1) is 0 Å². The van der Waals surface area contributed by atoms with Crippen LogP contribution in [0.3, 0.4) is 0 Å². The van der Waals surface area contributed by atoms with Gasteiger partial charge in [-0.15, -0.1) is 0 Å². The molecule has 0 aromatic heterocycles. The van der Waals surface area contributed by atoms with E-state index in [0.717, 1.165) is 25.3 Å². The Morgan fingerprint density at radius 2 is 1.75 bits per heavy atom. The highest BCUT2D eigenvalue weighted by molar-refractivity contribution is 5.42. The summed E-state index contributed by atoms with van der Waals surface area (Å²) in [5, 5.41) is 0. The van der Waals surface area contributed by atoms with Crippen LogP contribution in [0.4, 0.5) is 5.69 Å². The van der Waals surface area contributed by atoms with Gasteiger partial charge in [0.25, 0.3) is 0 Å². The van der Waals surface area contributed by atoms with Crippen LogP contribution in [0, 0.1) is 0 Å². The predicted molar refractivity (Wildman–Crippen MR) is 84.5 cm³/mol. The van der Waals surface area contributed by atoms with Crippen molar-refractivity contribution in [1.29, 1.82) is 0 Å². The molecule has 0 aliphatic carbocycles. The van der Waals surface area contributed by atoms with Gasteiger partial charge in [0.15, 0.2) is 0 Å². The number of anilines is 1. The summed E-state index contributed by atoms with van der Waals surface area (Å²) in [6.45, 7) is 5.69. The maximum atomic E-state index is 5.79. The van der Waals surface area contributed by atoms with Crippen molar-refractivity contribution in [3.8, 4) is 0 Å². The molecule has 1 fully saturated rings. The highest BCUT2D eigenvalue weighted by Crippen LogP contribution is 2.35. The number of hydrogen-bond donors (Lipinski definition) is 1. The Labute approximate surface area is 121 Å². The van der Waals surface area contributed by atoms with Crippen LogP contribution < -0.4 is 5.73 Å². The van der Waals surface area contributed by atoms with Crippen LogP contribution in [-0.2, 0) is 12.0 Å². The van der Waals surface area contributed by atoms with Gasteiger partial charge in [-0.2, -0.15) is 0 Å². The van der Waals surface area contributed by atoms with Crippen molar-refractivity contribution < 1.29 is 0 Å². The Hall–Kier alpha value is -1.80. The van der Waals surface area contributed by atoms with Crippen LogP contribution in [-0.4, -0.2) is 18.0 Å². The molecule has 104 valence electrons. The van der Waals surface area contributed by atoms with Crippen LogP contribution in [0.5, 0.6) is 0 Å². The van der Waals surface area contributed by atoms with E-state index >= 15 is 0 Å². The fourth-order valence-electron chi connectivity index (χ4n) is 3.15. The molecule has 1 heterocycles. The largest absolute Gasteiger partial charge is 0.399 e. The van der Waals surface area contributed by atoms with Crippen molar-refractivity contribution in [2.24, 2.45) is 0 Å². The van der Waals surface area contributed by atoms with E-state index in [9.17, 15) is 0 Å². The third-order valence-electron chi connectivity index (χ3n) is 4.41. The van der Waals surface area contributed by atoms with Gasteiger partial charge < -0.3 is 5.73 Å². The standard InChI is InChI=1S/C18H22N2/c1-18(16-7-9-17(19)10-8-16)11-12-20(14-18)13-15-5-3-2-4-6-15/h2-10H,11-14,19H2,1H3/t18-/m0/s1. The molecule has 0 saturated carbocycles. The molecule has 2 N–H and O–H groups in total. The van der Waals surface area contributed by atoms with Crippen LogP contribution in [0.15, 0.2) is 54.6 Å². The van der Waals surface area contributed by atoms with Crippen LogP contribution >= 0.6 is 0 Å². The minimum Gasteiger partial charge on any atom is -0.399 e. The number of hydrogen-bond acceptors (Lipinski definition) is 2. The van der Waals surface area contributed by atoms with E-state index in [4.69, 9.17) is 5.73 Å². The average Bonchev–Trinajstić information content (AvgIpc) is 2.83. The Bertz CT molecular complexity index is 562. The van der Waals surface area contributed by atoms with Gasteiger partial charge in [0.2, 0.25) is 0 Å². The van der Waals surface area contributed by atoms with E-state index in [0.29, 0.717) is 0 Å². The van der Waals surface area contributed by atoms with Crippen LogP contribution in [0.25, 0.3) is 0 Å². The van der Waals surface area contributed by atoms with Gasteiger partial charge in [-0.1, -0.05) is 49.4 Å². The van der Waals surface area contributed by atoms with Crippen molar-refractivity contribution in [3.63, 3.8) is 0 Å². The lowest BCUT2D eigenvalue weighted by atomic mass is 9.82. The van der Waals surface area contributed by atoms with E-state index in [2.05, 4.69) is 54.3 Å². The molecule has 0 radical (unpaired) electrons. The molecule has 3 rings (SSSR count). The molecule has 1 aliphatic rings. The molecule has 2 aromatic carbocycles. The summed E-state index contributed by atoms with van der Waals surface area (Å²) in [6.07, 6.45) is 1.21. The minimum absolute atomic E-state index is 0.252. The minimum atomic E-state index is 0.252. The molecule has 0 bridgehead atoms. The maximum absolute atomic E-state index is 5.79. The van der Waals surface area contributed by atoms with Crippen molar-refractivity contribution in [2.45, 2.75) is 25.3 Å². The molecule has 20 heavy (non-hydrogen) atoms. The summed E-state index contributed by atoms with van der Waals surface area (Å²) in [5.41, 5.74) is 9.69. The number of nitrogen functional groups attached to an aromatic ring is 1. The summed E-state index contributed by atoms with van der Waals surface area (Å²) >= 11 is 0. The zero-order chi connectivity index (χ0) is 14.0. The van der Waals surface area contributed by atoms with Gasteiger partial charge in [0.1, 0.15) is 0 Å². The van der Waals surface area contributed by atoms with Gasteiger partial charge >= 0.3 is 0 Å². The highest BCUT2D eigenvalue weighted by Gasteiger charge is 2.34. The quantitative estimate of drug-likeness (QED) is 0.862. The van der Waals surface area contributed by atoms with Crippen molar-refractivity contribution in [3.05, 3.63) is 65.7 Å². The molecule has 2 aromatic rings.